The van der Waals surface area contributed by atoms with Gasteiger partial charge in [0.1, 0.15) is 5.82 Å². The summed E-state index contributed by atoms with van der Waals surface area (Å²) in [6.45, 7) is 0. The molecule has 1 amide bonds. The molecule has 0 bridgehead atoms. The molecule has 0 aliphatic carbocycles. The number of carbonyl (C=O) groups excluding carboxylic acids is 1. The van der Waals surface area contributed by atoms with Crippen LogP contribution in [-0.2, 0) is 14.8 Å². The molecule has 3 rings (SSSR count). The van der Waals surface area contributed by atoms with Crippen molar-refractivity contribution in [2.24, 2.45) is 0 Å². The molecule has 1 heterocycles. The molecule has 0 aliphatic heterocycles. The van der Waals surface area contributed by atoms with Crippen molar-refractivity contribution in [1.29, 1.82) is 0 Å². The average molecular weight is 424 g/mol. The maximum atomic E-state index is 12.4. The Kier molecular flexibility index (Phi) is 6.18. The summed E-state index contributed by atoms with van der Waals surface area (Å²) in [5.74, 6) is -0.273. The highest BCUT2D eigenvalue weighted by atomic mass is 32.2. The Balaban J connectivity index is 1.64. The van der Waals surface area contributed by atoms with Crippen LogP contribution in [0.4, 0.5) is 17.2 Å². The Morgan fingerprint density at radius 3 is 2.47 bits per heavy atom. The molecule has 0 aliphatic rings. The molecule has 2 aromatic carbocycles. The van der Waals surface area contributed by atoms with Gasteiger partial charge in [0.25, 0.3) is 15.7 Å². The normalized spacial score (nSPS) is 11.2. The fourth-order valence-corrected chi connectivity index (χ4v) is 3.44. The van der Waals surface area contributed by atoms with Crippen molar-refractivity contribution in [1.82, 2.24) is 4.98 Å². The lowest BCUT2D eigenvalue weighted by molar-refractivity contribution is -0.384. The van der Waals surface area contributed by atoms with Gasteiger partial charge in [-0.1, -0.05) is 18.2 Å². The molecule has 0 radical (unpaired) electrons. The van der Waals surface area contributed by atoms with Crippen molar-refractivity contribution < 1.29 is 18.1 Å². The zero-order chi connectivity index (χ0) is 21.6. The van der Waals surface area contributed by atoms with Crippen LogP contribution in [0.5, 0.6) is 0 Å². The van der Waals surface area contributed by atoms with Crippen LogP contribution < -0.4 is 10.0 Å². The summed E-state index contributed by atoms with van der Waals surface area (Å²) >= 11 is 0. The first-order valence-corrected chi connectivity index (χ1v) is 10.1. The van der Waals surface area contributed by atoms with E-state index >= 15 is 0 Å². The second kappa shape index (κ2) is 8.97. The van der Waals surface area contributed by atoms with Crippen molar-refractivity contribution in [3.63, 3.8) is 0 Å². The summed E-state index contributed by atoms with van der Waals surface area (Å²) in [6.07, 6.45) is 4.14. The average Bonchev–Trinajstić information content (AvgIpc) is 2.73. The van der Waals surface area contributed by atoms with Crippen LogP contribution in [0, 0.1) is 10.1 Å². The highest BCUT2D eigenvalue weighted by Gasteiger charge is 2.14. The number of non-ortho nitro benzene ring substituents is 1. The van der Waals surface area contributed by atoms with Crippen LogP contribution in [-0.4, -0.2) is 24.2 Å². The number of amides is 1. The molecule has 1 aromatic heterocycles. The van der Waals surface area contributed by atoms with Crippen LogP contribution in [0.2, 0.25) is 0 Å². The largest absolute Gasteiger partial charge is 0.323 e. The van der Waals surface area contributed by atoms with Gasteiger partial charge < -0.3 is 5.32 Å². The molecular formula is C20H16N4O5S. The Morgan fingerprint density at radius 1 is 1.03 bits per heavy atom. The number of aromatic nitrogens is 1. The van der Waals surface area contributed by atoms with Crippen molar-refractivity contribution in [2.75, 3.05) is 10.0 Å². The number of nitrogens with one attached hydrogen (secondary N) is 2. The molecule has 0 fully saturated rings. The van der Waals surface area contributed by atoms with E-state index in [4.69, 9.17) is 0 Å². The zero-order valence-corrected chi connectivity index (χ0v) is 16.2. The highest BCUT2D eigenvalue weighted by Crippen LogP contribution is 2.18. The lowest BCUT2D eigenvalue weighted by Crippen LogP contribution is -2.14. The second-order valence-corrected chi connectivity index (χ2v) is 7.70. The molecule has 9 nitrogen and oxygen atoms in total. The quantitative estimate of drug-likeness (QED) is 0.339. The predicted molar refractivity (Wildman–Crippen MR) is 112 cm³/mol. The summed E-state index contributed by atoms with van der Waals surface area (Å²) in [5, 5.41) is 13.4. The van der Waals surface area contributed by atoms with Crippen LogP contribution in [0.15, 0.2) is 83.9 Å². The lowest BCUT2D eigenvalue weighted by atomic mass is 10.2. The first-order chi connectivity index (χ1) is 14.3. The third kappa shape index (κ3) is 5.49. The van der Waals surface area contributed by atoms with Gasteiger partial charge in [0.05, 0.1) is 9.82 Å². The van der Waals surface area contributed by atoms with Gasteiger partial charge in [-0.15, -0.1) is 0 Å². The third-order valence-corrected chi connectivity index (χ3v) is 5.21. The van der Waals surface area contributed by atoms with E-state index in [1.54, 1.807) is 18.2 Å². The number of rotatable bonds is 7. The van der Waals surface area contributed by atoms with Crippen LogP contribution in [0.1, 0.15) is 5.56 Å². The smallest absolute Gasteiger partial charge is 0.270 e. The zero-order valence-electron chi connectivity index (χ0n) is 15.4. The predicted octanol–water partition coefficient (Wildman–Crippen LogP) is 3.44. The van der Waals surface area contributed by atoms with E-state index in [2.05, 4.69) is 15.0 Å². The maximum Gasteiger partial charge on any atom is 0.270 e. The number of hydrogen-bond acceptors (Lipinski definition) is 6. The van der Waals surface area contributed by atoms with Crippen LogP contribution in [0.25, 0.3) is 6.08 Å². The maximum absolute atomic E-state index is 12.4. The minimum atomic E-state index is -3.81. The topological polar surface area (TPSA) is 131 Å². The third-order valence-electron chi connectivity index (χ3n) is 3.84. The van der Waals surface area contributed by atoms with Crippen molar-refractivity contribution in [3.8, 4) is 0 Å². The molecule has 2 N–H and O–H groups in total. The Bertz CT molecular complexity index is 1190. The molecule has 152 valence electrons. The van der Waals surface area contributed by atoms with E-state index in [1.165, 1.54) is 66.9 Å². The number of sulfonamides is 1. The minimum absolute atomic E-state index is 0.0123. The van der Waals surface area contributed by atoms with Crippen LogP contribution in [0.3, 0.4) is 0 Å². The number of nitro groups is 1. The van der Waals surface area contributed by atoms with Gasteiger partial charge in [-0.05, 0) is 48.0 Å². The first kappa shape index (κ1) is 20.7. The van der Waals surface area contributed by atoms with Gasteiger partial charge in [-0.3, -0.25) is 19.6 Å². The number of carbonyl (C=O) groups is 1. The molecule has 0 unspecified atom stereocenters. The highest BCUT2D eigenvalue weighted by molar-refractivity contribution is 7.92. The number of pyridine rings is 1. The fourth-order valence-electron chi connectivity index (χ4n) is 2.44. The van der Waals surface area contributed by atoms with Crippen molar-refractivity contribution in [3.05, 3.63) is 94.7 Å². The Morgan fingerprint density at radius 2 is 1.80 bits per heavy atom. The van der Waals surface area contributed by atoms with Crippen LogP contribution >= 0.6 is 0 Å². The molecule has 0 saturated heterocycles. The van der Waals surface area contributed by atoms with E-state index in [0.29, 0.717) is 11.3 Å². The van der Waals surface area contributed by atoms with Gasteiger partial charge in [0, 0.05) is 30.1 Å². The molecule has 0 spiro atoms. The number of benzene rings is 2. The molecule has 0 atom stereocenters. The van der Waals surface area contributed by atoms with Gasteiger partial charge >= 0.3 is 0 Å². The number of anilines is 2. The molecular weight excluding hydrogens is 408 g/mol. The van der Waals surface area contributed by atoms with E-state index < -0.39 is 20.9 Å². The number of nitrogens with zero attached hydrogens (tertiary/aromatic N) is 2. The molecule has 30 heavy (non-hydrogen) atoms. The SMILES string of the molecule is O=C(/C=C/c1cccc([N+](=O)[O-])c1)Nc1ccc(S(=O)(=O)Nc2ccccn2)cc1. The summed E-state index contributed by atoms with van der Waals surface area (Å²) in [5.41, 5.74) is 0.815. The molecule has 10 heteroatoms. The first-order valence-electron chi connectivity index (χ1n) is 8.61. The lowest BCUT2D eigenvalue weighted by Gasteiger charge is -2.08. The van der Waals surface area contributed by atoms with Gasteiger partial charge in [0.2, 0.25) is 5.91 Å². The summed E-state index contributed by atoms with van der Waals surface area (Å²) in [6, 6.07) is 16.3. The monoisotopic (exact) mass is 424 g/mol. The van der Waals surface area contributed by atoms with E-state index in [9.17, 15) is 23.3 Å². The number of hydrogen-bond donors (Lipinski definition) is 2. The summed E-state index contributed by atoms with van der Waals surface area (Å²) in [7, 11) is -3.81. The fraction of sp³-hybridized carbons (Fsp3) is 0. The van der Waals surface area contributed by atoms with E-state index in [-0.39, 0.29) is 16.4 Å². The van der Waals surface area contributed by atoms with Crippen molar-refractivity contribution in [2.45, 2.75) is 4.90 Å². The van der Waals surface area contributed by atoms with Gasteiger partial charge in [-0.25, -0.2) is 13.4 Å². The van der Waals surface area contributed by atoms with Crippen molar-refractivity contribution >= 4 is 39.2 Å². The standard InChI is InChI=1S/C20H16N4O5S/c25-20(12-7-15-4-3-5-17(14-15)24(26)27)22-16-8-10-18(11-9-16)30(28,29)23-19-6-1-2-13-21-19/h1-14H,(H,21,23)(H,22,25)/b12-7+. The second-order valence-electron chi connectivity index (χ2n) is 6.02. The summed E-state index contributed by atoms with van der Waals surface area (Å²) < 4.78 is 27.1. The molecule has 0 saturated carbocycles. The van der Waals surface area contributed by atoms with E-state index in [1.807, 2.05) is 0 Å². The van der Waals surface area contributed by atoms with E-state index in [0.717, 1.165) is 0 Å². The Labute approximate surface area is 172 Å². The number of nitro benzene ring substituents is 1. The summed E-state index contributed by atoms with van der Waals surface area (Å²) in [4.78, 5) is 26.3. The minimum Gasteiger partial charge on any atom is -0.323 e. The molecule has 3 aromatic rings. The van der Waals surface area contributed by atoms with Gasteiger partial charge in [-0.2, -0.15) is 0 Å². The Hall–Kier alpha value is -4.05. The van der Waals surface area contributed by atoms with Gasteiger partial charge in [0.15, 0.2) is 0 Å².